The van der Waals surface area contributed by atoms with Crippen molar-refractivity contribution in [2.24, 2.45) is 5.73 Å². The van der Waals surface area contributed by atoms with Crippen molar-refractivity contribution >= 4 is 27.9 Å². The van der Waals surface area contributed by atoms with E-state index in [1.165, 1.54) is 0 Å². The normalized spacial score (nSPS) is 33.0. The van der Waals surface area contributed by atoms with Gasteiger partial charge in [0.15, 0.2) is 4.45 Å². The molecule has 0 aromatic carbocycles. The van der Waals surface area contributed by atoms with Gasteiger partial charge in [-0.1, -0.05) is 15.9 Å². The predicted octanol–water partition coefficient (Wildman–Crippen LogP) is -1.12. The number of amides is 3. The summed E-state index contributed by atoms with van der Waals surface area (Å²) in [6.45, 7) is 0.109. The summed E-state index contributed by atoms with van der Waals surface area (Å²) in [6.07, 6.45) is 0. The van der Waals surface area contributed by atoms with Gasteiger partial charge in [-0.2, -0.15) is 0 Å². The van der Waals surface area contributed by atoms with Gasteiger partial charge >= 0.3 is 6.03 Å². The summed E-state index contributed by atoms with van der Waals surface area (Å²) >= 11 is 2.94. The molecule has 10 heavy (non-hydrogen) atoms. The zero-order valence-electron chi connectivity index (χ0n) is 4.98. The molecule has 1 aliphatic rings. The van der Waals surface area contributed by atoms with Crippen LogP contribution in [0.4, 0.5) is 4.79 Å². The molecule has 1 heterocycles. The Morgan fingerprint density at radius 3 is 2.60 bits per heavy atom. The SMILES string of the molecule is NC1(Br)CNC(=O)NC1=O. The topological polar surface area (TPSA) is 84.2 Å². The Bertz CT molecular complexity index is 191. The molecule has 0 aliphatic carbocycles. The average molecular weight is 208 g/mol. The predicted molar refractivity (Wildman–Crippen MR) is 37.4 cm³/mol. The van der Waals surface area contributed by atoms with Crippen LogP contribution in [0.5, 0.6) is 0 Å². The van der Waals surface area contributed by atoms with Gasteiger partial charge < -0.3 is 11.1 Å². The molecular formula is C4H6BrN3O2. The number of rotatable bonds is 0. The number of imide groups is 1. The first-order valence-corrected chi connectivity index (χ1v) is 3.39. The Morgan fingerprint density at radius 2 is 2.20 bits per heavy atom. The van der Waals surface area contributed by atoms with Crippen LogP contribution in [0.1, 0.15) is 0 Å². The van der Waals surface area contributed by atoms with Crippen LogP contribution < -0.4 is 16.4 Å². The van der Waals surface area contributed by atoms with Crippen LogP contribution in [0, 0.1) is 0 Å². The van der Waals surface area contributed by atoms with Crippen LogP contribution in [0.15, 0.2) is 0 Å². The van der Waals surface area contributed by atoms with Crippen LogP contribution in [0.3, 0.4) is 0 Å². The molecule has 0 aromatic heterocycles. The Labute approximate surface area is 65.5 Å². The number of carbonyl (C=O) groups excluding carboxylic acids is 2. The van der Waals surface area contributed by atoms with E-state index in [1.807, 2.05) is 5.32 Å². The molecule has 1 aliphatic heterocycles. The molecule has 0 radical (unpaired) electrons. The van der Waals surface area contributed by atoms with Crippen molar-refractivity contribution in [2.45, 2.75) is 4.45 Å². The molecule has 1 atom stereocenters. The monoisotopic (exact) mass is 207 g/mol. The molecule has 0 saturated carbocycles. The number of hydrogen-bond acceptors (Lipinski definition) is 3. The first kappa shape index (κ1) is 7.49. The molecular weight excluding hydrogens is 202 g/mol. The lowest BCUT2D eigenvalue weighted by atomic mass is 10.2. The fourth-order valence-electron chi connectivity index (χ4n) is 0.540. The van der Waals surface area contributed by atoms with Crippen LogP contribution in [-0.2, 0) is 4.79 Å². The van der Waals surface area contributed by atoms with Gasteiger partial charge in [0, 0.05) is 0 Å². The van der Waals surface area contributed by atoms with E-state index in [1.54, 1.807) is 0 Å². The number of nitrogens with two attached hydrogens (primary N) is 1. The summed E-state index contributed by atoms with van der Waals surface area (Å²) in [5.74, 6) is -0.517. The van der Waals surface area contributed by atoms with E-state index in [9.17, 15) is 9.59 Å². The average Bonchev–Trinajstić information content (AvgIpc) is 1.81. The lowest BCUT2D eigenvalue weighted by molar-refractivity contribution is -0.122. The summed E-state index contributed by atoms with van der Waals surface area (Å²) in [4.78, 5) is 21.2. The van der Waals surface area contributed by atoms with E-state index in [0.717, 1.165) is 0 Å². The third-order valence-electron chi connectivity index (χ3n) is 1.11. The maximum atomic E-state index is 10.8. The van der Waals surface area contributed by atoms with Crippen molar-refractivity contribution in [3.05, 3.63) is 0 Å². The Kier molecular flexibility index (Phi) is 1.65. The Balaban J connectivity index is 2.70. The Hall–Kier alpha value is -0.620. The highest BCUT2D eigenvalue weighted by Crippen LogP contribution is 2.10. The maximum absolute atomic E-state index is 10.8. The molecule has 6 heteroatoms. The lowest BCUT2D eigenvalue weighted by Gasteiger charge is -2.25. The van der Waals surface area contributed by atoms with E-state index < -0.39 is 16.4 Å². The van der Waals surface area contributed by atoms with E-state index in [2.05, 4.69) is 21.2 Å². The highest BCUT2D eigenvalue weighted by atomic mass is 79.9. The molecule has 0 spiro atoms. The van der Waals surface area contributed by atoms with E-state index in [-0.39, 0.29) is 6.54 Å². The smallest absolute Gasteiger partial charge is 0.321 e. The standard InChI is InChI=1S/C4H6BrN3O2/c5-4(6)1-7-3(10)8-2(4)9/h1,6H2,(H2,7,8,9,10). The Morgan fingerprint density at radius 1 is 1.60 bits per heavy atom. The quantitative estimate of drug-likeness (QED) is 0.348. The molecule has 0 bridgehead atoms. The second-order valence-corrected chi connectivity index (χ2v) is 3.41. The second-order valence-electron chi connectivity index (χ2n) is 2.00. The highest BCUT2D eigenvalue weighted by molar-refractivity contribution is 9.10. The van der Waals surface area contributed by atoms with E-state index >= 15 is 0 Å². The van der Waals surface area contributed by atoms with Crippen molar-refractivity contribution in [3.63, 3.8) is 0 Å². The van der Waals surface area contributed by atoms with Gasteiger partial charge in [0.05, 0.1) is 6.54 Å². The first-order valence-electron chi connectivity index (χ1n) is 2.59. The summed E-state index contributed by atoms with van der Waals surface area (Å²) in [5.41, 5.74) is 5.37. The van der Waals surface area contributed by atoms with Gasteiger partial charge in [0.2, 0.25) is 0 Å². The molecule has 5 nitrogen and oxygen atoms in total. The van der Waals surface area contributed by atoms with Gasteiger partial charge in [-0.15, -0.1) is 0 Å². The van der Waals surface area contributed by atoms with Crippen molar-refractivity contribution in [1.29, 1.82) is 0 Å². The molecule has 1 unspecified atom stereocenters. The van der Waals surface area contributed by atoms with Crippen molar-refractivity contribution < 1.29 is 9.59 Å². The van der Waals surface area contributed by atoms with Crippen molar-refractivity contribution in [3.8, 4) is 0 Å². The third-order valence-corrected chi connectivity index (χ3v) is 1.75. The number of halogens is 1. The minimum absolute atomic E-state index is 0.109. The summed E-state index contributed by atoms with van der Waals surface area (Å²) in [7, 11) is 0. The first-order chi connectivity index (χ1) is 4.52. The van der Waals surface area contributed by atoms with Gasteiger partial charge in [-0.3, -0.25) is 10.1 Å². The van der Waals surface area contributed by atoms with Crippen molar-refractivity contribution in [2.75, 3.05) is 6.54 Å². The lowest BCUT2D eigenvalue weighted by Crippen LogP contribution is -2.64. The fraction of sp³-hybridized carbons (Fsp3) is 0.500. The highest BCUT2D eigenvalue weighted by Gasteiger charge is 2.36. The number of urea groups is 1. The number of hydrogen-bond donors (Lipinski definition) is 3. The fourth-order valence-corrected chi connectivity index (χ4v) is 0.780. The minimum Gasteiger partial charge on any atom is -0.335 e. The van der Waals surface area contributed by atoms with Gasteiger partial charge in [0.1, 0.15) is 0 Å². The summed E-state index contributed by atoms with van der Waals surface area (Å²) in [6, 6.07) is -0.509. The van der Waals surface area contributed by atoms with Crippen LogP contribution in [-0.4, -0.2) is 22.9 Å². The zero-order chi connectivity index (χ0) is 7.78. The van der Waals surface area contributed by atoms with Gasteiger partial charge in [-0.05, 0) is 0 Å². The van der Waals surface area contributed by atoms with Crippen LogP contribution >= 0.6 is 15.9 Å². The number of carbonyl (C=O) groups is 2. The van der Waals surface area contributed by atoms with Gasteiger partial charge in [-0.25, -0.2) is 4.79 Å². The van der Waals surface area contributed by atoms with Crippen molar-refractivity contribution in [1.82, 2.24) is 10.6 Å². The second kappa shape index (κ2) is 2.21. The molecule has 4 N–H and O–H groups in total. The number of nitrogens with one attached hydrogen (secondary N) is 2. The number of alkyl halides is 1. The molecule has 1 fully saturated rings. The van der Waals surface area contributed by atoms with Gasteiger partial charge in [0.25, 0.3) is 5.91 Å². The molecule has 1 saturated heterocycles. The molecule has 0 aromatic rings. The minimum atomic E-state index is -1.15. The molecule has 1 rings (SSSR count). The maximum Gasteiger partial charge on any atom is 0.321 e. The summed E-state index contributed by atoms with van der Waals surface area (Å²) < 4.78 is -1.15. The molecule has 56 valence electrons. The largest absolute Gasteiger partial charge is 0.335 e. The summed E-state index contributed by atoms with van der Waals surface area (Å²) in [5, 5.41) is 4.37. The third kappa shape index (κ3) is 1.27. The van der Waals surface area contributed by atoms with E-state index in [4.69, 9.17) is 5.73 Å². The zero-order valence-corrected chi connectivity index (χ0v) is 6.56. The van der Waals surface area contributed by atoms with E-state index in [0.29, 0.717) is 0 Å². The van der Waals surface area contributed by atoms with Crippen LogP contribution in [0.2, 0.25) is 0 Å². The molecule has 3 amide bonds. The van der Waals surface area contributed by atoms with Crippen LogP contribution in [0.25, 0.3) is 0 Å².